The predicted octanol–water partition coefficient (Wildman–Crippen LogP) is 2.23. The van der Waals surface area contributed by atoms with E-state index in [0.29, 0.717) is 5.95 Å². The van der Waals surface area contributed by atoms with Crippen molar-refractivity contribution in [1.82, 2.24) is 14.9 Å². The van der Waals surface area contributed by atoms with Crippen LogP contribution in [0.3, 0.4) is 0 Å². The van der Waals surface area contributed by atoms with Crippen molar-refractivity contribution >= 4 is 23.1 Å². The van der Waals surface area contributed by atoms with Crippen molar-refractivity contribution in [2.75, 3.05) is 31.1 Å². The molecule has 3 rings (SSSR count). The van der Waals surface area contributed by atoms with Crippen molar-refractivity contribution < 1.29 is 9.53 Å². The second-order valence-electron chi connectivity index (χ2n) is 6.45. The average molecular weight is 302 g/mol. The first-order valence-electron chi connectivity index (χ1n) is 7.62. The second kappa shape index (κ2) is 5.61. The molecule has 0 amide bonds. The first-order valence-corrected chi connectivity index (χ1v) is 7.62. The van der Waals surface area contributed by atoms with E-state index >= 15 is 0 Å². The number of hydrogen-bond donors (Lipinski definition) is 1. The van der Waals surface area contributed by atoms with Crippen LogP contribution in [0.1, 0.15) is 20.8 Å². The molecule has 6 heteroatoms. The largest absolute Gasteiger partial charge is 0.443 e. The molecule has 2 heterocycles. The zero-order valence-corrected chi connectivity index (χ0v) is 13.3. The molecule has 1 aliphatic heterocycles. The number of aromatic nitrogens is 2. The third-order valence-corrected chi connectivity index (χ3v) is 3.52. The lowest BCUT2D eigenvalue weighted by Crippen LogP contribution is -2.45. The van der Waals surface area contributed by atoms with Gasteiger partial charge in [-0.25, -0.2) is 14.3 Å². The Bertz CT molecular complexity index is 681. The molecule has 6 nitrogen and oxygen atoms in total. The Kier molecular flexibility index (Phi) is 3.78. The molecule has 0 aliphatic carbocycles. The first kappa shape index (κ1) is 14.8. The zero-order chi connectivity index (χ0) is 15.7. The molecule has 22 heavy (non-hydrogen) atoms. The smallest absolute Gasteiger partial charge is 0.421 e. The number of hydrogen-bond acceptors (Lipinski definition) is 5. The highest BCUT2D eigenvalue weighted by molar-refractivity contribution is 5.90. The minimum atomic E-state index is -0.539. The standard InChI is InChI=1S/C16H22N4O2/c1-16(2,3)22-15(21)20-13-7-5-4-6-12(13)18-14(20)19-10-8-17-9-11-19/h4-7,17H,8-11H2,1-3H3. The fourth-order valence-electron chi connectivity index (χ4n) is 2.58. The fourth-order valence-corrected chi connectivity index (χ4v) is 2.58. The summed E-state index contributed by atoms with van der Waals surface area (Å²) in [6, 6.07) is 7.66. The maximum absolute atomic E-state index is 12.7. The molecule has 0 spiro atoms. The van der Waals surface area contributed by atoms with E-state index in [9.17, 15) is 4.79 Å². The van der Waals surface area contributed by atoms with Crippen molar-refractivity contribution in [3.05, 3.63) is 24.3 Å². The van der Waals surface area contributed by atoms with E-state index in [1.54, 1.807) is 4.57 Å². The van der Waals surface area contributed by atoms with E-state index < -0.39 is 5.60 Å². The summed E-state index contributed by atoms with van der Waals surface area (Å²) in [7, 11) is 0. The van der Waals surface area contributed by atoms with E-state index in [1.165, 1.54) is 0 Å². The molecule has 0 bridgehead atoms. The SMILES string of the molecule is CC(C)(C)OC(=O)n1c(N2CCNCC2)nc2ccccc21. The molecule has 0 atom stereocenters. The number of ether oxygens (including phenoxy) is 1. The van der Waals surface area contributed by atoms with Crippen LogP contribution in [0.2, 0.25) is 0 Å². The van der Waals surface area contributed by atoms with Gasteiger partial charge in [0, 0.05) is 26.2 Å². The minimum Gasteiger partial charge on any atom is -0.443 e. The van der Waals surface area contributed by atoms with Crippen LogP contribution in [0.15, 0.2) is 24.3 Å². The lowest BCUT2D eigenvalue weighted by Gasteiger charge is -2.29. The summed E-state index contributed by atoms with van der Waals surface area (Å²) < 4.78 is 7.15. The van der Waals surface area contributed by atoms with Gasteiger partial charge in [-0.05, 0) is 32.9 Å². The van der Waals surface area contributed by atoms with Gasteiger partial charge in [0.25, 0.3) is 0 Å². The number of piperazine rings is 1. The molecule has 0 unspecified atom stereocenters. The van der Waals surface area contributed by atoms with E-state index in [0.717, 1.165) is 37.2 Å². The summed E-state index contributed by atoms with van der Waals surface area (Å²) in [5.41, 5.74) is 1.05. The number of benzene rings is 1. The van der Waals surface area contributed by atoms with E-state index in [-0.39, 0.29) is 6.09 Å². The minimum absolute atomic E-state index is 0.380. The molecule has 2 aromatic rings. The highest BCUT2D eigenvalue weighted by atomic mass is 16.6. The quantitative estimate of drug-likeness (QED) is 0.875. The van der Waals surface area contributed by atoms with Gasteiger partial charge in [-0.2, -0.15) is 0 Å². The monoisotopic (exact) mass is 302 g/mol. The number of fused-ring (bicyclic) bond motifs is 1. The molecule has 1 saturated heterocycles. The average Bonchev–Trinajstić information content (AvgIpc) is 2.86. The first-order chi connectivity index (χ1) is 10.5. The summed E-state index contributed by atoms with van der Waals surface area (Å²) in [6.45, 7) is 9.03. The molecule has 1 aromatic carbocycles. The summed E-state index contributed by atoms with van der Waals surface area (Å²) >= 11 is 0. The summed E-state index contributed by atoms with van der Waals surface area (Å²) in [5.74, 6) is 0.664. The fraction of sp³-hybridized carbons (Fsp3) is 0.500. The van der Waals surface area contributed by atoms with E-state index in [4.69, 9.17) is 4.74 Å². The second-order valence-corrected chi connectivity index (χ2v) is 6.45. The number of para-hydroxylation sites is 2. The number of carbonyl (C=O) groups excluding carboxylic acids is 1. The van der Waals surface area contributed by atoms with Crippen LogP contribution in [0, 0.1) is 0 Å². The predicted molar refractivity (Wildman–Crippen MR) is 86.4 cm³/mol. The van der Waals surface area contributed by atoms with E-state index in [2.05, 4.69) is 15.2 Å². The van der Waals surface area contributed by atoms with Gasteiger partial charge in [-0.1, -0.05) is 12.1 Å². The van der Waals surface area contributed by atoms with Crippen LogP contribution >= 0.6 is 0 Å². The van der Waals surface area contributed by atoms with Crippen LogP contribution in [-0.4, -0.2) is 47.4 Å². The van der Waals surface area contributed by atoms with Gasteiger partial charge in [0.05, 0.1) is 11.0 Å². The molecule has 118 valence electrons. The highest BCUT2D eigenvalue weighted by Crippen LogP contribution is 2.24. The van der Waals surface area contributed by atoms with Crippen LogP contribution < -0.4 is 10.2 Å². The molecule has 1 N–H and O–H groups in total. The third kappa shape index (κ3) is 2.92. The Hall–Kier alpha value is -2.08. The Morgan fingerprint density at radius 3 is 2.59 bits per heavy atom. The van der Waals surface area contributed by atoms with Crippen molar-refractivity contribution in [2.45, 2.75) is 26.4 Å². The van der Waals surface area contributed by atoms with E-state index in [1.807, 2.05) is 45.0 Å². The molecule has 1 aliphatic rings. The molecule has 0 radical (unpaired) electrons. The topological polar surface area (TPSA) is 59.4 Å². The van der Waals surface area contributed by atoms with Crippen molar-refractivity contribution in [3.63, 3.8) is 0 Å². The Labute approximate surface area is 130 Å². The number of rotatable bonds is 1. The summed E-state index contributed by atoms with van der Waals surface area (Å²) in [4.78, 5) is 19.4. The van der Waals surface area contributed by atoms with Crippen LogP contribution in [0.5, 0.6) is 0 Å². The van der Waals surface area contributed by atoms with Gasteiger partial charge < -0.3 is 15.0 Å². The number of carbonyl (C=O) groups is 1. The van der Waals surface area contributed by atoms with Gasteiger partial charge in [0.2, 0.25) is 5.95 Å². The summed E-state index contributed by atoms with van der Waals surface area (Å²) in [5, 5.41) is 3.31. The molecular weight excluding hydrogens is 280 g/mol. The molecule has 1 fully saturated rings. The number of nitrogens with one attached hydrogen (secondary N) is 1. The van der Waals surface area contributed by atoms with Crippen LogP contribution in [-0.2, 0) is 4.74 Å². The van der Waals surface area contributed by atoms with Gasteiger partial charge in [-0.3, -0.25) is 0 Å². The van der Waals surface area contributed by atoms with Crippen LogP contribution in [0.4, 0.5) is 10.7 Å². The summed E-state index contributed by atoms with van der Waals surface area (Å²) in [6.07, 6.45) is -0.380. The number of imidazole rings is 1. The van der Waals surface area contributed by atoms with Gasteiger partial charge in [0.15, 0.2) is 0 Å². The van der Waals surface area contributed by atoms with Crippen LogP contribution in [0.25, 0.3) is 11.0 Å². The number of nitrogens with zero attached hydrogens (tertiary/aromatic N) is 3. The van der Waals surface area contributed by atoms with Gasteiger partial charge in [-0.15, -0.1) is 0 Å². The number of anilines is 1. The Morgan fingerprint density at radius 1 is 1.23 bits per heavy atom. The van der Waals surface area contributed by atoms with Crippen molar-refractivity contribution in [3.8, 4) is 0 Å². The maximum Gasteiger partial charge on any atom is 0.421 e. The Balaban J connectivity index is 2.06. The molecular formula is C16H22N4O2. The van der Waals surface area contributed by atoms with Gasteiger partial charge >= 0.3 is 6.09 Å². The van der Waals surface area contributed by atoms with Gasteiger partial charge in [0.1, 0.15) is 5.60 Å². The molecule has 1 aromatic heterocycles. The van der Waals surface area contributed by atoms with Crippen molar-refractivity contribution in [1.29, 1.82) is 0 Å². The Morgan fingerprint density at radius 2 is 1.91 bits per heavy atom. The lowest BCUT2D eigenvalue weighted by molar-refractivity contribution is 0.0545. The maximum atomic E-state index is 12.7. The normalized spacial score (nSPS) is 16.0. The highest BCUT2D eigenvalue weighted by Gasteiger charge is 2.26. The van der Waals surface area contributed by atoms with Crippen molar-refractivity contribution in [2.24, 2.45) is 0 Å². The molecule has 0 saturated carbocycles. The lowest BCUT2D eigenvalue weighted by atomic mass is 10.2. The zero-order valence-electron chi connectivity index (χ0n) is 13.3. The third-order valence-electron chi connectivity index (χ3n) is 3.52.